The number of esters is 2. The zero-order chi connectivity index (χ0) is 32.4. The summed E-state index contributed by atoms with van der Waals surface area (Å²) in [6, 6.07) is 18.6. The van der Waals surface area contributed by atoms with Gasteiger partial charge in [-0.2, -0.15) is 13.2 Å². The normalized spacial score (nSPS) is 11.6. The van der Waals surface area contributed by atoms with Crippen molar-refractivity contribution in [3.05, 3.63) is 89.5 Å². The maximum atomic E-state index is 13.2. The van der Waals surface area contributed by atoms with Gasteiger partial charge in [0, 0.05) is 29.5 Å². The number of hydrogen-bond donors (Lipinski definition) is 4. The molecular formula is C30H26F3N3O8. The lowest BCUT2D eigenvalue weighted by molar-refractivity contribution is -0.201. The molecule has 1 atom stereocenters. The van der Waals surface area contributed by atoms with Crippen LogP contribution in [0.2, 0.25) is 0 Å². The van der Waals surface area contributed by atoms with Gasteiger partial charge in [0.05, 0.1) is 6.04 Å². The second-order valence-electron chi connectivity index (χ2n) is 9.37. The molecule has 0 aliphatic heterocycles. The lowest BCUT2D eigenvalue weighted by Crippen LogP contribution is -2.40. The van der Waals surface area contributed by atoms with Gasteiger partial charge in [0.25, 0.3) is 5.91 Å². The van der Waals surface area contributed by atoms with Crippen LogP contribution in [0.1, 0.15) is 34.3 Å². The summed E-state index contributed by atoms with van der Waals surface area (Å²) >= 11 is 0. The van der Waals surface area contributed by atoms with Gasteiger partial charge < -0.3 is 25.6 Å². The highest BCUT2D eigenvalue weighted by Crippen LogP contribution is 2.24. The number of carboxylic acid groups (broad SMARTS) is 1. The third-order valence-electron chi connectivity index (χ3n) is 6.11. The SMILES string of the molecule is N=C(N)c1ccc(CC(=O)C(=O)O)c(OC[C@@H](CCC(=O)OC(=O)C(F)(F)F)NC(=O)c2cccc(-c3ccccc3)c2)c1. The molecule has 0 unspecified atom stereocenters. The van der Waals surface area contributed by atoms with Gasteiger partial charge >= 0.3 is 24.1 Å². The van der Waals surface area contributed by atoms with Crippen LogP contribution in [0.15, 0.2) is 72.8 Å². The molecule has 0 saturated carbocycles. The molecule has 0 bridgehead atoms. The topological polar surface area (TPSA) is 186 Å². The quantitative estimate of drug-likeness (QED) is 0.0737. The number of alkyl halides is 3. The summed E-state index contributed by atoms with van der Waals surface area (Å²) in [4.78, 5) is 59.1. The number of carboxylic acids is 1. The van der Waals surface area contributed by atoms with Crippen molar-refractivity contribution >= 4 is 35.4 Å². The van der Waals surface area contributed by atoms with Gasteiger partial charge in [0.2, 0.25) is 5.78 Å². The molecule has 0 fully saturated rings. The second-order valence-corrected chi connectivity index (χ2v) is 9.37. The molecule has 0 aliphatic carbocycles. The van der Waals surface area contributed by atoms with Crippen LogP contribution in [0.5, 0.6) is 5.75 Å². The Morgan fingerprint density at radius 2 is 1.59 bits per heavy atom. The van der Waals surface area contributed by atoms with E-state index in [0.29, 0.717) is 5.56 Å². The van der Waals surface area contributed by atoms with Crippen molar-refractivity contribution in [3.8, 4) is 16.9 Å². The molecule has 0 heterocycles. The van der Waals surface area contributed by atoms with Crippen molar-refractivity contribution < 1.29 is 51.7 Å². The molecule has 14 heteroatoms. The molecule has 3 aromatic rings. The van der Waals surface area contributed by atoms with E-state index in [1.54, 1.807) is 18.2 Å². The first-order chi connectivity index (χ1) is 20.7. The first-order valence-corrected chi connectivity index (χ1v) is 12.9. The maximum Gasteiger partial charge on any atom is 0.491 e. The van der Waals surface area contributed by atoms with Crippen LogP contribution in [0, 0.1) is 5.41 Å². The van der Waals surface area contributed by atoms with Gasteiger partial charge in [0.1, 0.15) is 18.2 Å². The molecule has 0 aromatic heterocycles. The van der Waals surface area contributed by atoms with Gasteiger partial charge in [-0.1, -0.05) is 54.6 Å². The van der Waals surface area contributed by atoms with E-state index in [1.807, 2.05) is 30.3 Å². The van der Waals surface area contributed by atoms with Gasteiger partial charge in [0.15, 0.2) is 0 Å². The highest BCUT2D eigenvalue weighted by molar-refractivity contribution is 6.33. The van der Waals surface area contributed by atoms with Crippen molar-refractivity contribution in [1.29, 1.82) is 5.41 Å². The zero-order valence-corrected chi connectivity index (χ0v) is 22.9. The number of benzene rings is 3. The third kappa shape index (κ3) is 9.51. The van der Waals surface area contributed by atoms with Crippen LogP contribution in [-0.4, -0.2) is 59.4 Å². The number of carbonyl (C=O) groups is 5. The number of rotatable bonds is 13. The van der Waals surface area contributed by atoms with Crippen LogP contribution in [0.4, 0.5) is 13.2 Å². The van der Waals surface area contributed by atoms with Crippen molar-refractivity contribution in [3.63, 3.8) is 0 Å². The monoisotopic (exact) mass is 613 g/mol. The number of aliphatic carboxylic acids is 1. The highest BCUT2D eigenvalue weighted by Gasteiger charge is 2.42. The van der Waals surface area contributed by atoms with E-state index in [1.165, 1.54) is 24.3 Å². The smallest absolute Gasteiger partial charge is 0.491 e. The number of nitrogens with two attached hydrogens (primary N) is 1. The summed E-state index contributed by atoms with van der Waals surface area (Å²) in [6.07, 6.45) is -7.04. The first-order valence-electron chi connectivity index (χ1n) is 12.9. The molecule has 0 radical (unpaired) electrons. The number of amidine groups is 1. The number of halogens is 3. The third-order valence-corrected chi connectivity index (χ3v) is 6.11. The lowest BCUT2D eigenvalue weighted by atomic mass is 10.0. The molecule has 0 saturated heterocycles. The number of nitrogen functional groups attached to an aromatic ring is 1. The summed E-state index contributed by atoms with van der Waals surface area (Å²) in [5.74, 6) is -8.10. The number of amides is 1. The van der Waals surface area contributed by atoms with Gasteiger partial charge in [-0.25, -0.2) is 9.59 Å². The summed E-state index contributed by atoms with van der Waals surface area (Å²) in [5.41, 5.74) is 7.55. The minimum Gasteiger partial charge on any atom is -0.491 e. The van der Waals surface area contributed by atoms with Gasteiger partial charge in [-0.15, -0.1) is 0 Å². The van der Waals surface area contributed by atoms with E-state index in [9.17, 15) is 37.1 Å². The molecule has 5 N–H and O–H groups in total. The highest BCUT2D eigenvalue weighted by atomic mass is 19.4. The molecule has 11 nitrogen and oxygen atoms in total. The second kappa shape index (κ2) is 14.6. The van der Waals surface area contributed by atoms with Crippen molar-refractivity contribution in [2.45, 2.75) is 31.5 Å². The summed E-state index contributed by atoms with van der Waals surface area (Å²) < 4.78 is 47.1. The molecule has 230 valence electrons. The molecule has 44 heavy (non-hydrogen) atoms. The predicted octanol–water partition coefficient (Wildman–Crippen LogP) is 3.42. The fourth-order valence-electron chi connectivity index (χ4n) is 3.88. The van der Waals surface area contributed by atoms with Crippen LogP contribution in [0.3, 0.4) is 0 Å². The molecule has 0 spiro atoms. The molecule has 3 aromatic carbocycles. The van der Waals surface area contributed by atoms with Gasteiger partial charge in [-0.3, -0.25) is 19.8 Å². The number of ketones is 1. The fourth-order valence-corrected chi connectivity index (χ4v) is 3.88. The van der Waals surface area contributed by atoms with Crippen molar-refractivity contribution in [2.75, 3.05) is 6.61 Å². The molecule has 1 amide bonds. The standard InChI is InChI=1S/C30H26F3N3O8/c31-30(32,33)29(42)44-25(38)12-11-22(36-27(39)21-8-4-7-18(13-21)17-5-2-1-3-6-17)16-43-24-15-20(26(34)35)10-9-19(24)14-23(37)28(40)41/h1-10,13,15,22H,11-12,14,16H2,(H3,34,35)(H,36,39)(H,40,41)/t22-/m1/s1. The van der Waals surface area contributed by atoms with Crippen LogP contribution < -0.4 is 15.8 Å². The zero-order valence-electron chi connectivity index (χ0n) is 22.9. The largest absolute Gasteiger partial charge is 0.491 e. The van der Waals surface area contributed by atoms with Crippen molar-refractivity contribution in [1.82, 2.24) is 5.32 Å². The van der Waals surface area contributed by atoms with E-state index in [4.69, 9.17) is 21.0 Å². The predicted molar refractivity (Wildman–Crippen MR) is 149 cm³/mol. The molecule has 0 aliphatic rings. The Hall–Kier alpha value is -5.53. The van der Waals surface area contributed by atoms with Crippen LogP contribution in [-0.2, 0) is 30.3 Å². The number of Topliss-reactive ketones (excluding diaryl/α,β-unsaturated/α-hetero) is 1. The first kappa shape index (κ1) is 33.0. The van der Waals surface area contributed by atoms with E-state index < -0.39 is 61.3 Å². The Morgan fingerprint density at radius 1 is 0.909 bits per heavy atom. The average Bonchev–Trinajstić information content (AvgIpc) is 2.98. The fraction of sp³-hybridized carbons (Fsp3) is 0.200. The Balaban J connectivity index is 1.84. The number of carbonyl (C=O) groups excluding carboxylic acids is 4. The average molecular weight is 614 g/mol. The summed E-state index contributed by atoms with van der Waals surface area (Å²) in [7, 11) is 0. The summed E-state index contributed by atoms with van der Waals surface area (Å²) in [5, 5.41) is 19.3. The molecule has 3 rings (SSSR count). The van der Waals surface area contributed by atoms with Crippen molar-refractivity contribution in [2.24, 2.45) is 5.73 Å². The van der Waals surface area contributed by atoms with E-state index in [0.717, 1.165) is 5.56 Å². The minimum atomic E-state index is -5.39. The van der Waals surface area contributed by atoms with E-state index >= 15 is 0 Å². The molecular weight excluding hydrogens is 587 g/mol. The minimum absolute atomic E-state index is 0.0625. The summed E-state index contributed by atoms with van der Waals surface area (Å²) in [6.45, 7) is -0.430. The Labute approximate surface area is 248 Å². The number of nitrogens with one attached hydrogen (secondary N) is 2. The van der Waals surface area contributed by atoms with E-state index in [2.05, 4.69) is 10.1 Å². The Kier molecular flexibility index (Phi) is 10.9. The van der Waals surface area contributed by atoms with E-state index in [-0.39, 0.29) is 34.7 Å². The van der Waals surface area contributed by atoms with Gasteiger partial charge in [-0.05, 0) is 35.7 Å². The Morgan fingerprint density at radius 3 is 2.23 bits per heavy atom. The lowest BCUT2D eigenvalue weighted by Gasteiger charge is -2.21. The number of hydrogen-bond acceptors (Lipinski definition) is 8. The Bertz CT molecular complexity index is 1580. The number of ether oxygens (including phenoxy) is 2. The van der Waals surface area contributed by atoms with Crippen LogP contribution in [0.25, 0.3) is 11.1 Å². The van der Waals surface area contributed by atoms with Crippen LogP contribution >= 0.6 is 0 Å². The maximum absolute atomic E-state index is 13.2.